The van der Waals surface area contributed by atoms with Crippen molar-refractivity contribution in [2.45, 2.75) is 5.92 Å². The summed E-state index contributed by atoms with van der Waals surface area (Å²) < 4.78 is 5.17. The summed E-state index contributed by atoms with van der Waals surface area (Å²) in [6.45, 7) is 0.446. The van der Waals surface area contributed by atoms with Gasteiger partial charge in [0.15, 0.2) is 0 Å². The fraction of sp³-hybridized carbons (Fsp3) is 0.250. The Bertz CT molecular complexity index is 342. The van der Waals surface area contributed by atoms with Crippen molar-refractivity contribution in [2.75, 3.05) is 6.54 Å². The number of carbonyl (C=O) groups is 1. The third-order valence-electron chi connectivity index (χ3n) is 1.93. The Morgan fingerprint density at radius 3 is 3.15 bits per heavy atom. The Balaban J connectivity index is 2.27. The molecule has 1 aliphatic rings. The molecule has 0 saturated carbocycles. The van der Waals surface area contributed by atoms with E-state index >= 15 is 0 Å². The van der Waals surface area contributed by atoms with Gasteiger partial charge in [-0.25, -0.2) is 4.79 Å². The summed E-state index contributed by atoms with van der Waals surface area (Å²) >= 11 is 0. The van der Waals surface area contributed by atoms with Crippen molar-refractivity contribution in [3.8, 4) is 0 Å². The second-order valence-corrected chi connectivity index (χ2v) is 2.79. The third kappa shape index (κ3) is 1.40. The van der Waals surface area contributed by atoms with Crippen LogP contribution in [0, 0.1) is 0 Å². The second kappa shape index (κ2) is 2.93. The molecule has 0 radical (unpaired) electrons. The fourth-order valence-electron chi connectivity index (χ4n) is 1.26. The summed E-state index contributed by atoms with van der Waals surface area (Å²) in [5, 5.41) is 2.58. The van der Waals surface area contributed by atoms with Gasteiger partial charge in [-0.05, 0) is 12.1 Å². The van der Waals surface area contributed by atoms with Crippen LogP contribution in [-0.2, 0) is 0 Å². The molecular formula is C8H9N3O2. The highest BCUT2D eigenvalue weighted by atomic mass is 16.3. The van der Waals surface area contributed by atoms with Crippen molar-refractivity contribution in [2.24, 2.45) is 10.7 Å². The van der Waals surface area contributed by atoms with E-state index in [0.29, 0.717) is 12.4 Å². The number of nitrogens with two attached hydrogens (primary N) is 1. The number of nitrogens with one attached hydrogen (secondary N) is 1. The zero-order valence-corrected chi connectivity index (χ0v) is 6.86. The monoisotopic (exact) mass is 179 g/mol. The van der Waals surface area contributed by atoms with Crippen molar-refractivity contribution < 1.29 is 9.21 Å². The van der Waals surface area contributed by atoms with E-state index in [4.69, 9.17) is 10.2 Å². The molecule has 0 bridgehead atoms. The van der Waals surface area contributed by atoms with Crippen LogP contribution in [0.5, 0.6) is 0 Å². The van der Waals surface area contributed by atoms with Crippen LogP contribution in [0.15, 0.2) is 27.8 Å². The van der Waals surface area contributed by atoms with Gasteiger partial charge in [0, 0.05) is 6.54 Å². The maximum absolute atomic E-state index is 10.8. The molecule has 2 heterocycles. The average molecular weight is 179 g/mol. The predicted octanol–water partition coefficient (Wildman–Crippen LogP) is 0.444. The van der Waals surface area contributed by atoms with E-state index in [1.54, 1.807) is 12.3 Å². The molecule has 0 fully saturated rings. The molecule has 1 aliphatic heterocycles. The predicted molar refractivity (Wildman–Crippen MR) is 46.5 cm³/mol. The fourth-order valence-corrected chi connectivity index (χ4v) is 1.26. The highest BCUT2D eigenvalue weighted by molar-refractivity contribution is 5.98. The molecule has 0 aromatic carbocycles. The first-order valence-corrected chi connectivity index (χ1v) is 3.92. The minimum absolute atomic E-state index is 0.132. The van der Waals surface area contributed by atoms with Gasteiger partial charge in [0.25, 0.3) is 0 Å². The molecule has 68 valence electrons. The van der Waals surface area contributed by atoms with Crippen LogP contribution in [0.25, 0.3) is 0 Å². The van der Waals surface area contributed by atoms with E-state index in [9.17, 15) is 4.79 Å². The van der Waals surface area contributed by atoms with Gasteiger partial charge in [0.1, 0.15) is 11.6 Å². The normalized spacial score (nSPS) is 22.3. The minimum Gasteiger partial charge on any atom is -0.469 e. The van der Waals surface area contributed by atoms with Crippen molar-refractivity contribution in [3.63, 3.8) is 0 Å². The number of rotatable bonds is 1. The van der Waals surface area contributed by atoms with Gasteiger partial charge < -0.3 is 15.5 Å². The Morgan fingerprint density at radius 1 is 1.69 bits per heavy atom. The summed E-state index contributed by atoms with van der Waals surface area (Å²) in [5.74, 6) is 0.896. The second-order valence-electron chi connectivity index (χ2n) is 2.79. The SMILES string of the molecule is NC1=NC(=O)NCC1c1ccco1. The van der Waals surface area contributed by atoms with E-state index in [2.05, 4.69) is 10.3 Å². The van der Waals surface area contributed by atoms with E-state index < -0.39 is 0 Å². The van der Waals surface area contributed by atoms with Crippen molar-refractivity contribution >= 4 is 11.9 Å². The lowest BCUT2D eigenvalue weighted by Crippen LogP contribution is -2.39. The Kier molecular flexibility index (Phi) is 1.77. The van der Waals surface area contributed by atoms with E-state index in [-0.39, 0.29) is 11.9 Å². The summed E-state index contributed by atoms with van der Waals surface area (Å²) in [6.07, 6.45) is 1.57. The number of amidine groups is 1. The van der Waals surface area contributed by atoms with Gasteiger partial charge in [-0.2, -0.15) is 4.99 Å². The Hall–Kier alpha value is -1.78. The molecule has 0 spiro atoms. The van der Waals surface area contributed by atoms with Gasteiger partial charge in [-0.1, -0.05) is 0 Å². The molecule has 3 N–H and O–H groups in total. The van der Waals surface area contributed by atoms with Crippen LogP contribution in [0.4, 0.5) is 4.79 Å². The van der Waals surface area contributed by atoms with Gasteiger partial charge in [0.2, 0.25) is 0 Å². The molecule has 0 saturated heterocycles. The maximum Gasteiger partial charge on any atom is 0.342 e. The summed E-state index contributed by atoms with van der Waals surface area (Å²) in [7, 11) is 0. The van der Waals surface area contributed by atoms with Crippen LogP contribution in [0.3, 0.4) is 0 Å². The number of amides is 2. The molecule has 2 rings (SSSR count). The molecule has 1 unspecified atom stereocenters. The van der Waals surface area contributed by atoms with Crippen LogP contribution < -0.4 is 11.1 Å². The lowest BCUT2D eigenvalue weighted by molar-refractivity contribution is 0.247. The number of nitrogens with zero attached hydrogens (tertiary/aromatic N) is 1. The number of urea groups is 1. The topological polar surface area (TPSA) is 80.6 Å². The van der Waals surface area contributed by atoms with E-state index in [1.807, 2.05) is 6.07 Å². The van der Waals surface area contributed by atoms with E-state index in [0.717, 1.165) is 5.76 Å². The van der Waals surface area contributed by atoms with Crippen molar-refractivity contribution in [1.29, 1.82) is 0 Å². The number of carbonyl (C=O) groups excluding carboxylic acids is 1. The highest BCUT2D eigenvalue weighted by Crippen LogP contribution is 2.17. The zero-order chi connectivity index (χ0) is 9.26. The highest BCUT2D eigenvalue weighted by Gasteiger charge is 2.24. The summed E-state index contributed by atoms with van der Waals surface area (Å²) in [4.78, 5) is 14.4. The first-order chi connectivity index (χ1) is 6.27. The number of aliphatic imine (C=N–C) groups is 1. The maximum atomic E-state index is 10.8. The summed E-state index contributed by atoms with van der Waals surface area (Å²) in [6, 6.07) is 3.20. The van der Waals surface area contributed by atoms with Crippen molar-refractivity contribution in [3.05, 3.63) is 24.2 Å². The number of hydrogen-bond donors (Lipinski definition) is 2. The van der Waals surface area contributed by atoms with Crippen molar-refractivity contribution in [1.82, 2.24) is 5.32 Å². The number of hydrogen-bond acceptors (Lipinski definition) is 3. The smallest absolute Gasteiger partial charge is 0.342 e. The lowest BCUT2D eigenvalue weighted by Gasteiger charge is -2.18. The lowest BCUT2D eigenvalue weighted by atomic mass is 10.0. The molecule has 13 heavy (non-hydrogen) atoms. The van der Waals surface area contributed by atoms with Crippen LogP contribution in [-0.4, -0.2) is 18.4 Å². The molecule has 2 amide bonds. The molecule has 1 aromatic heterocycles. The Morgan fingerprint density at radius 2 is 2.54 bits per heavy atom. The van der Waals surface area contributed by atoms with Gasteiger partial charge >= 0.3 is 6.03 Å². The molecule has 1 aromatic rings. The first-order valence-electron chi connectivity index (χ1n) is 3.92. The largest absolute Gasteiger partial charge is 0.469 e. The molecule has 5 heteroatoms. The first kappa shape index (κ1) is 7.85. The molecule has 5 nitrogen and oxygen atoms in total. The van der Waals surface area contributed by atoms with Gasteiger partial charge in [0.05, 0.1) is 12.2 Å². The van der Waals surface area contributed by atoms with Crippen LogP contribution in [0.1, 0.15) is 11.7 Å². The van der Waals surface area contributed by atoms with Crippen LogP contribution >= 0.6 is 0 Å². The number of furan rings is 1. The molecular weight excluding hydrogens is 170 g/mol. The summed E-state index contributed by atoms with van der Waals surface area (Å²) in [5.41, 5.74) is 5.59. The van der Waals surface area contributed by atoms with Gasteiger partial charge in [-0.15, -0.1) is 0 Å². The van der Waals surface area contributed by atoms with Crippen LogP contribution in [0.2, 0.25) is 0 Å². The minimum atomic E-state index is -0.389. The third-order valence-corrected chi connectivity index (χ3v) is 1.93. The quantitative estimate of drug-likeness (QED) is 0.656. The average Bonchev–Trinajstić information content (AvgIpc) is 2.56. The Labute approximate surface area is 74.6 Å². The molecule has 1 atom stereocenters. The standard InChI is InChI=1S/C8H9N3O2/c9-7-5(4-10-8(12)11-7)6-2-1-3-13-6/h1-3,5H,4H2,(H3,9,10,11,12). The van der Waals surface area contributed by atoms with E-state index in [1.165, 1.54) is 0 Å². The zero-order valence-electron chi connectivity index (χ0n) is 6.86. The van der Waals surface area contributed by atoms with Gasteiger partial charge in [-0.3, -0.25) is 0 Å². The molecule has 0 aliphatic carbocycles.